The summed E-state index contributed by atoms with van der Waals surface area (Å²) in [4.78, 5) is 33.0. The number of hydrogen-bond donors (Lipinski definition) is 2. The quantitative estimate of drug-likeness (QED) is 0.417. The first-order valence-electron chi connectivity index (χ1n) is 9.03. The van der Waals surface area contributed by atoms with Gasteiger partial charge in [0.25, 0.3) is 5.56 Å². The Balaban J connectivity index is 1.81. The lowest BCUT2D eigenvalue weighted by Crippen LogP contribution is -2.26. The number of thioether (sulfide) groups is 1. The molecule has 2 N–H and O–H groups in total. The van der Waals surface area contributed by atoms with E-state index in [0.29, 0.717) is 22.7 Å². The number of aryl methyl sites for hydroxylation is 2. The van der Waals surface area contributed by atoms with Crippen molar-refractivity contribution >= 4 is 50.3 Å². The van der Waals surface area contributed by atoms with Crippen molar-refractivity contribution in [1.82, 2.24) is 14.5 Å². The summed E-state index contributed by atoms with van der Waals surface area (Å²) in [5, 5.41) is 3.46. The van der Waals surface area contributed by atoms with Crippen molar-refractivity contribution in [3.8, 4) is 0 Å². The van der Waals surface area contributed by atoms with Crippen LogP contribution >= 0.6 is 27.7 Å². The lowest BCUT2D eigenvalue weighted by atomic mass is 10.2. The molecule has 0 atom stereocenters. The van der Waals surface area contributed by atoms with Crippen LogP contribution in [0.5, 0.6) is 0 Å². The van der Waals surface area contributed by atoms with Crippen molar-refractivity contribution in [2.45, 2.75) is 39.4 Å². The van der Waals surface area contributed by atoms with Crippen molar-refractivity contribution in [2.75, 3.05) is 11.1 Å². The molecular formula is C20H23BrN4O2S. The molecule has 2 aromatic heterocycles. The molecule has 0 spiro atoms. The maximum absolute atomic E-state index is 12.9. The molecule has 148 valence electrons. The zero-order valence-electron chi connectivity index (χ0n) is 16.3. The van der Waals surface area contributed by atoms with Gasteiger partial charge in [0.15, 0.2) is 5.16 Å². The van der Waals surface area contributed by atoms with E-state index in [1.165, 1.54) is 11.8 Å². The van der Waals surface area contributed by atoms with Crippen LogP contribution in [0.4, 0.5) is 5.69 Å². The zero-order valence-corrected chi connectivity index (χ0v) is 18.7. The average Bonchev–Trinajstić information content (AvgIpc) is 2.99. The van der Waals surface area contributed by atoms with E-state index in [9.17, 15) is 9.59 Å². The second-order valence-corrected chi connectivity index (χ2v) is 9.01. The Labute approximate surface area is 176 Å². The normalized spacial score (nSPS) is 11.4. The fourth-order valence-corrected chi connectivity index (χ4v) is 3.95. The first kappa shape index (κ1) is 20.7. The number of nitrogens with zero attached hydrogens (tertiary/aromatic N) is 2. The molecule has 3 aromatic rings. The van der Waals surface area contributed by atoms with E-state index in [1.807, 2.05) is 52.0 Å². The number of aromatic nitrogens is 3. The fourth-order valence-electron chi connectivity index (χ4n) is 2.90. The molecule has 0 fully saturated rings. The van der Waals surface area contributed by atoms with Gasteiger partial charge in [-0.2, -0.15) is 0 Å². The molecule has 1 aromatic carbocycles. The van der Waals surface area contributed by atoms with Crippen LogP contribution in [0.25, 0.3) is 11.0 Å². The number of anilines is 1. The summed E-state index contributed by atoms with van der Waals surface area (Å²) in [5.41, 5.74) is 3.73. The molecule has 0 saturated heterocycles. The van der Waals surface area contributed by atoms with Crippen LogP contribution in [0.3, 0.4) is 0 Å². The third kappa shape index (κ3) is 4.67. The van der Waals surface area contributed by atoms with E-state index in [2.05, 4.69) is 31.2 Å². The summed E-state index contributed by atoms with van der Waals surface area (Å²) in [7, 11) is 0. The van der Waals surface area contributed by atoms with E-state index in [0.717, 1.165) is 21.4 Å². The number of nitrogens with one attached hydrogen (secondary N) is 2. The molecule has 0 radical (unpaired) electrons. The number of benzene rings is 1. The highest BCUT2D eigenvalue weighted by Crippen LogP contribution is 2.22. The number of halogens is 1. The molecule has 0 saturated carbocycles. The zero-order chi connectivity index (χ0) is 20.4. The van der Waals surface area contributed by atoms with Gasteiger partial charge in [-0.3, -0.25) is 14.2 Å². The van der Waals surface area contributed by atoms with Gasteiger partial charge in [0.1, 0.15) is 5.52 Å². The number of carbonyl (C=O) groups excluding carboxylic acids is 1. The van der Waals surface area contributed by atoms with Crippen LogP contribution in [0, 0.1) is 19.8 Å². The maximum Gasteiger partial charge on any atom is 0.278 e. The first-order chi connectivity index (χ1) is 13.2. The van der Waals surface area contributed by atoms with E-state index >= 15 is 0 Å². The van der Waals surface area contributed by atoms with Gasteiger partial charge in [-0.05, 0) is 49.6 Å². The maximum atomic E-state index is 12.9. The average molecular weight is 463 g/mol. The van der Waals surface area contributed by atoms with Crippen molar-refractivity contribution < 1.29 is 4.79 Å². The second-order valence-electron chi connectivity index (χ2n) is 7.22. The number of carbonyl (C=O) groups is 1. The Hall–Kier alpha value is -2.06. The minimum Gasteiger partial charge on any atom is -0.353 e. The molecule has 1 amide bonds. The predicted molar refractivity (Wildman–Crippen MR) is 118 cm³/mol. The van der Waals surface area contributed by atoms with Crippen LogP contribution in [0.1, 0.15) is 25.1 Å². The fraction of sp³-hybridized carbons (Fsp3) is 0.350. The molecule has 0 aliphatic rings. The molecule has 0 bridgehead atoms. The van der Waals surface area contributed by atoms with Crippen LogP contribution < -0.4 is 10.9 Å². The highest BCUT2D eigenvalue weighted by molar-refractivity contribution is 9.10. The summed E-state index contributed by atoms with van der Waals surface area (Å²) >= 11 is 4.73. The van der Waals surface area contributed by atoms with Gasteiger partial charge in [0, 0.05) is 22.4 Å². The van der Waals surface area contributed by atoms with Crippen molar-refractivity contribution in [3.63, 3.8) is 0 Å². The Bertz CT molecular complexity index is 1090. The van der Waals surface area contributed by atoms with Gasteiger partial charge in [-0.25, -0.2) is 4.98 Å². The van der Waals surface area contributed by atoms with E-state index in [4.69, 9.17) is 0 Å². The number of aromatic amines is 1. The molecule has 0 aliphatic heterocycles. The topological polar surface area (TPSA) is 79.8 Å². The van der Waals surface area contributed by atoms with Gasteiger partial charge in [-0.15, -0.1) is 0 Å². The monoisotopic (exact) mass is 462 g/mol. The van der Waals surface area contributed by atoms with Gasteiger partial charge >= 0.3 is 0 Å². The lowest BCUT2D eigenvalue weighted by molar-refractivity contribution is -0.113. The highest BCUT2D eigenvalue weighted by atomic mass is 79.9. The number of fused-ring (bicyclic) bond motifs is 1. The Morgan fingerprint density at radius 3 is 2.75 bits per heavy atom. The molecule has 28 heavy (non-hydrogen) atoms. The summed E-state index contributed by atoms with van der Waals surface area (Å²) in [6.45, 7) is 8.52. The number of amides is 1. The Morgan fingerprint density at radius 1 is 1.32 bits per heavy atom. The van der Waals surface area contributed by atoms with Crippen LogP contribution in [0.2, 0.25) is 0 Å². The first-order valence-corrected chi connectivity index (χ1v) is 10.8. The van der Waals surface area contributed by atoms with E-state index < -0.39 is 0 Å². The van der Waals surface area contributed by atoms with Crippen molar-refractivity contribution in [3.05, 3.63) is 50.3 Å². The van der Waals surface area contributed by atoms with Crippen molar-refractivity contribution in [1.29, 1.82) is 0 Å². The van der Waals surface area contributed by atoms with E-state index in [-0.39, 0.29) is 23.1 Å². The van der Waals surface area contributed by atoms with Gasteiger partial charge < -0.3 is 10.3 Å². The Kier molecular flexibility index (Phi) is 6.30. The highest BCUT2D eigenvalue weighted by Gasteiger charge is 2.16. The predicted octanol–water partition coefficient (Wildman–Crippen LogP) is 4.49. The van der Waals surface area contributed by atoms with Gasteiger partial charge in [0.2, 0.25) is 5.91 Å². The SMILES string of the molecule is Cc1cc2nc(SCC(=O)Nc3ccc(Br)c(C)c3)n(CC(C)C)c(=O)c2[nH]1. The molecular weight excluding hydrogens is 440 g/mol. The Morgan fingerprint density at radius 2 is 2.07 bits per heavy atom. The molecule has 6 nitrogen and oxygen atoms in total. The number of hydrogen-bond acceptors (Lipinski definition) is 4. The summed E-state index contributed by atoms with van der Waals surface area (Å²) < 4.78 is 2.65. The minimum atomic E-state index is -0.137. The van der Waals surface area contributed by atoms with Crippen LogP contribution in [0.15, 0.2) is 38.7 Å². The van der Waals surface area contributed by atoms with E-state index in [1.54, 1.807) is 4.57 Å². The number of rotatable bonds is 6. The lowest BCUT2D eigenvalue weighted by Gasteiger charge is -2.14. The number of H-pyrrole nitrogens is 1. The smallest absolute Gasteiger partial charge is 0.278 e. The van der Waals surface area contributed by atoms with Crippen LogP contribution in [-0.2, 0) is 11.3 Å². The molecule has 2 heterocycles. The van der Waals surface area contributed by atoms with Gasteiger partial charge in [0.05, 0.1) is 11.3 Å². The van der Waals surface area contributed by atoms with Crippen molar-refractivity contribution in [2.24, 2.45) is 5.92 Å². The third-order valence-electron chi connectivity index (χ3n) is 4.16. The standard InChI is InChI=1S/C20H23BrN4O2S/c1-11(2)9-25-19(27)18-16(8-13(4)22-18)24-20(25)28-10-17(26)23-14-5-6-15(21)12(3)7-14/h5-8,11,22H,9-10H2,1-4H3,(H,23,26). The van der Waals surface area contributed by atoms with Gasteiger partial charge in [-0.1, -0.05) is 41.5 Å². The summed E-state index contributed by atoms with van der Waals surface area (Å²) in [5.74, 6) is 0.323. The molecule has 0 unspecified atom stereocenters. The largest absolute Gasteiger partial charge is 0.353 e. The minimum absolute atomic E-state index is 0.0988. The summed E-state index contributed by atoms with van der Waals surface area (Å²) in [6.07, 6.45) is 0. The third-order valence-corrected chi connectivity index (χ3v) is 6.03. The summed E-state index contributed by atoms with van der Waals surface area (Å²) in [6, 6.07) is 7.52. The molecule has 0 aliphatic carbocycles. The van der Waals surface area contributed by atoms with Crippen LogP contribution in [-0.4, -0.2) is 26.2 Å². The second kappa shape index (κ2) is 8.53. The molecule has 3 rings (SSSR count). The molecule has 8 heteroatoms.